The smallest absolute Gasteiger partial charge is 0.353 e. The molecular formula is C26H34O10. The molecular weight excluding hydrogens is 472 g/mol. The zero-order valence-corrected chi connectivity index (χ0v) is 21.9. The van der Waals surface area contributed by atoms with Crippen LogP contribution in [0, 0.1) is 0 Å². The van der Waals surface area contributed by atoms with Gasteiger partial charge in [0, 0.05) is 16.7 Å². The summed E-state index contributed by atoms with van der Waals surface area (Å²) in [4.78, 5) is 38.2. The molecule has 1 aliphatic rings. The molecule has 0 aromatic heterocycles. The molecule has 0 saturated heterocycles. The van der Waals surface area contributed by atoms with E-state index >= 15 is 0 Å². The SMILES string of the molecule is CC=C(C)C(=O)OC(c1cc(OC)c2c(c1)OCO2)C(C)OC(=O)C(C)(OC(=O)C(C)=CC)C(C)O. The van der Waals surface area contributed by atoms with Gasteiger partial charge >= 0.3 is 17.9 Å². The van der Waals surface area contributed by atoms with E-state index in [0.29, 0.717) is 28.4 Å². The predicted molar refractivity (Wildman–Crippen MR) is 129 cm³/mol. The number of ether oxygens (including phenoxy) is 6. The third-order valence-corrected chi connectivity index (χ3v) is 5.98. The fourth-order valence-electron chi connectivity index (χ4n) is 3.11. The Kier molecular flexibility index (Phi) is 9.52. The van der Waals surface area contributed by atoms with Crippen molar-refractivity contribution in [3.63, 3.8) is 0 Å². The van der Waals surface area contributed by atoms with Gasteiger partial charge in [0.05, 0.1) is 7.11 Å². The highest BCUT2D eigenvalue weighted by Gasteiger charge is 2.46. The number of rotatable bonds is 10. The zero-order valence-electron chi connectivity index (χ0n) is 21.9. The van der Waals surface area contributed by atoms with Crippen LogP contribution in [-0.2, 0) is 28.6 Å². The van der Waals surface area contributed by atoms with Crippen LogP contribution in [0.2, 0.25) is 0 Å². The van der Waals surface area contributed by atoms with Gasteiger partial charge in [-0.2, -0.15) is 0 Å². The van der Waals surface area contributed by atoms with Gasteiger partial charge in [0.2, 0.25) is 18.1 Å². The zero-order chi connectivity index (χ0) is 27.2. The molecule has 1 aromatic rings. The molecule has 198 valence electrons. The molecule has 4 unspecified atom stereocenters. The lowest BCUT2D eigenvalue weighted by atomic mass is 9.99. The maximum Gasteiger partial charge on any atom is 0.353 e. The number of allylic oxidation sites excluding steroid dienone is 2. The maximum absolute atomic E-state index is 13.2. The van der Waals surface area contributed by atoms with Gasteiger partial charge in [-0.15, -0.1) is 0 Å². The summed E-state index contributed by atoms with van der Waals surface area (Å²) in [6.45, 7) is 10.5. The Labute approximate surface area is 210 Å². The van der Waals surface area contributed by atoms with Crippen molar-refractivity contribution in [3.8, 4) is 17.2 Å². The van der Waals surface area contributed by atoms with Crippen molar-refractivity contribution in [1.29, 1.82) is 0 Å². The van der Waals surface area contributed by atoms with Crippen LogP contribution in [0.25, 0.3) is 0 Å². The van der Waals surface area contributed by atoms with Gasteiger partial charge in [-0.1, -0.05) is 12.2 Å². The van der Waals surface area contributed by atoms with Gasteiger partial charge in [0.15, 0.2) is 17.6 Å². The molecule has 0 radical (unpaired) electrons. The van der Waals surface area contributed by atoms with Crippen LogP contribution >= 0.6 is 0 Å². The topological polar surface area (TPSA) is 127 Å². The van der Waals surface area contributed by atoms with Gasteiger partial charge in [-0.05, 0) is 60.6 Å². The molecule has 0 spiro atoms. The number of benzene rings is 1. The average molecular weight is 507 g/mol. The lowest BCUT2D eigenvalue weighted by Gasteiger charge is -2.33. The molecule has 2 rings (SSSR count). The van der Waals surface area contributed by atoms with Crippen LogP contribution in [0.5, 0.6) is 17.2 Å². The number of esters is 3. The van der Waals surface area contributed by atoms with Crippen molar-refractivity contribution in [3.05, 3.63) is 41.0 Å². The van der Waals surface area contributed by atoms with Gasteiger partial charge in [-0.3, -0.25) is 0 Å². The highest BCUT2D eigenvalue weighted by molar-refractivity contribution is 5.91. The second kappa shape index (κ2) is 11.9. The van der Waals surface area contributed by atoms with Gasteiger partial charge in [-0.25, -0.2) is 14.4 Å². The van der Waals surface area contributed by atoms with Crippen LogP contribution in [0.1, 0.15) is 60.1 Å². The Hall–Kier alpha value is -3.53. The molecule has 0 aliphatic carbocycles. The highest BCUT2D eigenvalue weighted by atomic mass is 16.7. The van der Waals surface area contributed by atoms with E-state index in [1.165, 1.54) is 40.9 Å². The van der Waals surface area contributed by atoms with Crippen LogP contribution in [0.4, 0.5) is 0 Å². The number of aliphatic hydroxyl groups is 1. The maximum atomic E-state index is 13.2. The fraction of sp³-hybridized carbons (Fsp3) is 0.500. The summed E-state index contributed by atoms with van der Waals surface area (Å²) in [5.74, 6) is -1.32. The Balaban J connectivity index is 2.43. The van der Waals surface area contributed by atoms with E-state index in [2.05, 4.69) is 0 Å². The number of fused-ring (bicyclic) bond motifs is 1. The third-order valence-electron chi connectivity index (χ3n) is 5.98. The molecule has 0 fully saturated rings. The summed E-state index contributed by atoms with van der Waals surface area (Å²) in [5, 5.41) is 10.3. The lowest BCUT2D eigenvalue weighted by Crippen LogP contribution is -2.51. The minimum atomic E-state index is -2.02. The molecule has 4 atom stereocenters. The van der Waals surface area contributed by atoms with E-state index in [1.807, 2.05) is 0 Å². The molecule has 10 nitrogen and oxygen atoms in total. The summed E-state index contributed by atoms with van der Waals surface area (Å²) in [5.41, 5.74) is -1.01. The molecule has 10 heteroatoms. The van der Waals surface area contributed by atoms with Crippen molar-refractivity contribution >= 4 is 17.9 Å². The first-order valence-electron chi connectivity index (χ1n) is 11.5. The summed E-state index contributed by atoms with van der Waals surface area (Å²) in [6, 6.07) is 3.19. The van der Waals surface area contributed by atoms with Crippen LogP contribution in [0.15, 0.2) is 35.4 Å². The van der Waals surface area contributed by atoms with Gasteiger partial charge in [0.1, 0.15) is 12.2 Å². The van der Waals surface area contributed by atoms with Crippen LogP contribution in [-0.4, -0.2) is 54.7 Å². The largest absolute Gasteiger partial charge is 0.493 e. The Bertz CT molecular complexity index is 1060. The third kappa shape index (κ3) is 6.17. The number of hydrogen-bond acceptors (Lipinski definition) is 10. The molecule has 0 amide bonds. The summed E-state index contributed by atoms with van der Waals surface area (Å²) < 4.78 is 32.9. The summed E-state index contributed by atoms with van der Waals surface area (Å²) in [6.07, 6.45) is -0.473. The fourth-order valence-corrected chi connectivity index (χ4v) is 3.11. The molecule has 1 heterocycles. The summed E-state index contributed by atoms with van der Waals surface area (Å²) in [7, 11) is 1.45. The van der Waals surface area contributed by atoms with Gasteiger partial charge in [0.25, 0.3) is 0 Å². The monoisotopic (exact) mass is 506 g/mol. The van der Waals surface area contributed by atoms with Crippen LogP contribution in [0.3, 0.4) is 0 Å². The first-order valence-corrected chi connectivity index (χ1v) is 11.5. The summed E-state index contributed by atoms with van der Waals surface area (Å²) >= 11 is 0. The quantitative estimate of drug-likeness (QED) is 0.286. The Morgan fingerprint density at radius 3 is 2.19 bits per heavy atom. The number of hydrogen-bond donors (Lipinski definition) is 1. The normalized spacial score (nSPS) is 17.4. The van der Waals surface area contributed by atoms with E-state index in [-0.39, 0.29) is 12.4 Å². The Morgan fingerprint density at radius 2 is 1.64 bits per heavy atom. The molecule has 1 N–H and O–H groups in total. The second-order valence-electron chi connectivity index (χ2n) is 8.51. The first-order chi connectivity index (χ1) is 16.9. The molecule has 0 bridgehead atoms. The van der Waals surface area contributed by atoms with E-state index in [0.717, 1.165) is 0 Å². The van der Waals surface area contributed by atoms with E-state index in [9.17, 15) is 19.5 Å². The van der Waals surface area contributed by atoms with E-state index in [4.69, 9.17) is 28.4 Å². The van der Waals surface area contributed by atoms with Gasteiger partial charge < -0.3 is 33.5 Å². The molecule has 0 saturated carbocycles. The van der Waals surface area contributed by atoms with Crippen molar-refractivity contribution in [2.75, 3.05) is 13.9 Å². The average Bonchev–Trinajstić information content (AvgIpc) is 3.33. The predicted octanol–water partition coefficient (Wildman–Crippen LogP) is 3.56. The number of carbonyl (C=O) groups excluding carboxylic acids is 3. The highest BCUT2D eigenvalue weighted by Crippen LogP contribution is 2.44. The first kappa shape index (κ1) is 28.7. The van der Waals surface area contributed by atoms with Crippen molar-refractivity contribution < 1.29 is 47.9 Å². The number of methoxy groups -OCH3 is 1. The molecule has 1 aromatic carbocycles. The minimum absolute atomic E-state index is 0.00838. The van der Waals surface area contributed by atoms with Crippen molar-refractivity contribution in [2.45, 2.75) is 72.4 Å². The van der Waals surface area contributed by atoms with Crippen molar-refractivity contribution in [1.82, 2.24) is 0 Å². The second-order valence-corrected chi connectivity index (χ2v) is 8.51. The number of aliphatic hydroxyl groups excluding tert-OH is 1. The van der Waals surface area contributed by atoms with Crippen LogP contribution < -0.4 is 14.2 Å². The molecule has 1 aliphatic heterocycles. The van der Waals surface area contributed by atoms with Crippen molar-refractivity contribution in [2.24, 2.45) is 0 Å². The minimum Gasteiger partial charge on any atom is -0.493 e. The number of carbonyl (C=O) groups is 3. The lowest BCUT2D eigenvalue weighted by molar-refractivity contribution is -0.198. The van der Waals surface area contributed by atoms with E-state index in [1.54, 1.807) is 39.0 Å². The molecule has 36 heavy (non-hydrogen) atoms. The Morgan fingerprint density at radius 1 is 1.03 bits per heavy atom. The standard InChI is InChI=1S/C26H34O10/c1-9-14(3)23(28)35-21(18-11-19(31-8)22-20(12-18)32-13-33-22)16(5)34-25(30)26(7,17(6)27)36-24(29)15(4)10-2/h9-12,16-17,21,27H,13H2,1-8H3. The van der Waals surface area contributed by atoms with E-state index < -0.39 is 41.8 Å².